The maximum atomic E-state index is 4.33. The molecule has 0 saturated carbocycles. The molecule has 2 aliphatic heterocycles. The van der Waals surface area contributed by atoms with Crippen molar-refractivity contribution >= 4 is 5.95 Å². The van der Waals surface area contributed by atoms with E-state index in [1.807, 2.05) is 18.5 Å². The minimum absolute atomic E-state index is 0.670. The van der Waals surface area contributed by atoms with Crippen LogP contribution in [0, 0.1) is 0 Å². The molecule has 19 heavy (non-hydrogen) atoms. The van der Waals surface area contributed by atoms with Crippen LogP contribution < -0.4 is 15.5 Å². The molecule has 104 valence electrons. The second-order valence-corrected chi connectivity index (χ2v) is 5.50. The molecule has 5 nitrogen and oxygen atoms in total. The zero-order valence-corrected chi connectivity index (χ0v) is 11.4. The number of aromatic nitrogens is 2. The normalized spacial score (nSPS) is 22.6. The lowest BCUT2D eigenvalue weighted by Gasteiger charge is -2.35. The first-order valence-electron chi connectivity index (χ1n) is 7.40. The molecular weight excluding hydrogens is 238 g/mol. The van der Waals surface area contributed by atoms with Gasteiger partial charge in [0.2, 0.25) is 5.95 Å². The quantitative estimate of drug-likeness (QED) is 0.842. The van der Waals surface area contributed by atoms with E-state index in [2.05, 4.69) is 25.5 Å². The minimum Gasteiger partial charge on any atom is -0.341 e. The van der Waals surface area contributed by atoms with Crippen molar-refractivity contribution in [1.29, 1.82) is 0 Å². The summed E-state index contributed by atoms with van der Waals surface area (Å²) in [5.41, 5.74) is 0. The molecule has 0 aromatic carbocycles. The van der Waals surface area contributed by atoms with Gasteiger partial charge in [0.05, 0.1) is 0 Å². The molecule has 0 radical (unpaired) electrons. The Hall–Kier alpha value is -1.20. The van der Waals surface area contributed by atoms with Crippen LogP contribution in [0.2, 0.25) is 0 Å². The van der Waals surface area contributed by atoms with Crippen LogP contribution in [0.1, 0.15) is 25.7 Å². The van der Waals surface area contributed by atoms with Crippen molar-refractivity contribution in [2.45, 2.75) is 37.8 Å². The summed E-state index contributed by atoms with van der Waals surface area (Å²) < 4.78 is 0. The van der Waals surface area contributed by atoms with Crippen molar-refractivity contribution < 1.29 is 0 Å². The second kappa shape index (κ2) is 6.30. The van der Waals surface area contributed by atoms with E-state index >= 15 is 0 Å². The van der Waals surface area contributed by atoms with E-state index in [0.29, 0.717) is 12.1 Å². The molecule has 3 heterocycles. The molecule has 2 fully saturated rings. The molecule has 0 aliphatic carbocycles. The van der Waals surface area contributed by atoms with E-state index in [1.165, 1.54) is 25.7 Å². The Bertz CT molecular complexity index is 369. The third-order valence-electron chi connectivity index (χ3n) is 4.14. The van der Waals surface area contributed by atoms with Gasteiger partial charge in [-0.25, -0.2) is 9.97 Å². The highest BCUT2D eigenvalue weighted by molar-refractivity contribution is 5.29. The molecule has 0 atom stereocenters. The van der Waals surface area contributed by atoms with Gasteiger partial charge < -0.3 is 15.5 Å². The smallest absolute Gasteiger partial charge is 0.225 e. The monoisotopic (exact) mass is 261 g/mol. The van der Waals surface area contributed by atoms with Crippen molar-refractivity contribution in [3.8, 4) is 0 Å². The fraction of sp³-hybridized carbons (Fsp3) is 0.714. The summed E-state index contributed by atoms with van der Waals surface area (Å²) in [5, 5.41) is 7.24. The van der Waals surface area contributed by atoms with Gasteiger partial charge in [-0.1, -0.05) is 0 Å². The van der Waals surface area contributed by atoms with E-state index in [9.17, 15) is 0 Å². The number of nitrogens with one attached hydrogen (secondary N) is 2. The maximum absolute atomic E-state index is 4.33. The minimum atomic E-state index is 0.670. The molecule has 0 bridgehead atoms. The molecule has 3 rings (SSSR count). The number of nitrogens with zero attached hydrogens (tertiary/aromatic N) is 3. The van der Waals surface area contributed by atoms with Crippen LogP contribution in [0.3, 0.4) is 0 Å². The second-order valence-electron chi connectivity index (χ2n) is 5.50. The van der Waals surface area contributed by atoms with E-state index in [-0.39, 0.29) is 0 Å². The lowest BCUT2D eigenvalue weighted by Crippen LogP contribution is -2.49. The average molecular weight is 261 g/mol. The lowest BCUT2D eigenvalue weighted by molar-refractivity contribution is 0.315. The summed E-state index contributed by atoms with van der Waals surface area (Å²) in [5.74, 6) is 0.878. The molecule has 0 amide bonds. The number of anilines is 1. The zero-order chi connectivity index (χ0) is 12.9. The van der Waals surface area contributed by atoms with Crippen LogP contribution in [0.25, 0.3) is 0 Å². The van der Waals surface area contributed by atoms with Crippen molar-refractivity contribution in [1.82, 2.24) is 20.6 Å². The third kappa shape index (κ3) is 3.42. The first kappa shape index (κ1) is 12.8. The van der Waals surface area contributed by atoms with Crippen LogP contribution in [0.15, 0.2) is 18.5 Å². The number of rotatable bonds is 3. The van der Waals surface area contributed by atoms with Gasteiger partial charge in [0.1, 0.15) is 0 Å². The van der Waals surface area contributed by atoms with Crippen LogP contribution in [-0.2, 0) is 0 Å². The fourth-order valence-corrected chi connectivity index (χ4v) is 3.02. The predicted molar refractivity (Wildman–Crippen MR) is 76.3 cm³/mol. The first-order valence-corrected chi connectivity index (χ1v) is 7.40. The molecular formula is C14H23N5. The highest BCUT2D eigenvalue weighted by atomic mass is 15.3. The van der Waals surface area contributed by atoms with Gasteiger partial charge >= 0.3 is 0 Å². The van der Waals surface area contributed by atoms with Crippen LogP contribution in [0.4, 0.5) is 5.95 Å². The summed E-state index contributed by atoms with van der Waals surface area (Å²) in [6.45, 7) is 4.45. The van der Waals surface area contributed by atoms with Crippen LogP contribution >= 0.6 is 0 Å². The summed E-state index contributed by atoms with van der Waals surface area (Å²) >= 11 is 0. The SMILES string of the molecule is c1cnc(N2CCC(NC3CCNCC3)CC2)nc1. The van der Waals surface area contributed by atoms with E-state index in [4.69, 9.17) is 0 Å². The van der Waals surface area contributed by atoms with Gasteiger partial charge in [-0.2, -0.15) is 0 Å². The summed E-state index contributed by atoms with van der Waals surface area (Å²) in [7, 11) is 0. The van der Waals surface area contributed by atoms with E-state index in [1.54, 1.807) is 0 Å². The number of piperidine rings is 2. The van der Waals surface area contributed by atoms with Crippen molar-refractivity contribution in [3.05, 3.63) is 18.5 Å². The number of hydrogen-bond donors (Lipinski definition) is 2. The zero-order valence-electron chi connectivity index (χ0n) is 11.4. The Morgan fingerprint density at radius 1 is 1.00 bits per heavy atom. The fourth-order valence-electron chi connectivity index (χ4n) is 3.02. The van der Waals surface area contributed by atoms with Gasteiger partial charge in [-0.15, -0.1) is 0 Å². The first-order chi connectivity index (χ1) is 9.42. The van der Waals surface area contributed by atoms with Gasteiger partial charge in [0, 0.05) is 37.6 Å². The Balaban J connectivity index is 1.46. The van der Waals surface area contributed by atoms with Crippen molar-refractivity contribution in [3.63, 3.8) is 0 Å². The molecule has 1 aromatic rings. The predicted octanol–water partition coefficient (Wildman–Crippen LogP) is 0.787. The standard InChI is InChI=1S/C14H23N5/c1-6-16-14(17-7-1)19-10-4-13(5-11-19)18-12-2-8-15-9-3-12/h1,6-7,12-13,15,18H,2-5,8-11H2. The summed E-state index contributed by atoms with van der Waals surface area (Å²) in [6.07, 6.45) is 8.57. The summed E-state index contributed by atoms with van der Waals surface area (Å²) in [4.78, 5) is 11.0. The van der Waals surface area contributed by atoms with Gasteiger partial charge in [0.15, 0.2) is 0 Å². The van der Waals surface area contributed by atoms with Crippen LogP contribution in [0.5, 0.6) is 0 Å². The lowest BCUT2D eigenvalue weighted by atomic mass is 10.0. The Kier molecular flexibility index (Phi) is 4.25. The van der Waals surface area contributed by atoms with Gasteiger partial charge in [-0.05, 0) is 44.8 Å². The molecule has 5 heteroatoms. The highest BCUT2D eigenvalue weighted by Crippen LogP contribution is 2.16. The Morgan fingerprint density at radius 3 is 2.32 bits per heavy atom. The van der Waals surface area contributed by atoms with E-state index in [0.717, 1.165) is 32.1 Å². The molecule has 0 spiro atoms. The summed E-state index contributed by atoms with van der Waals surface area (Å²) in [6, 6.07) is 3.25. The average Bonchev–Trinajstić information content (AvgIpc) is 2.50. The van der Waals surface area contributed by atoms with Crippen molar-refractivity contribution in [2.24, 2.45) is 0 Å². The maximum Gasteiger partial charge on any atom is 0.225 e. The topological polar surface area (TPSA) is 53.1 Å². The highest BCUT2D eigenvalue weighted by Gasteiger charge is 2.23. The molecule has 1 aromatic heterocycles. The van der Waals surface area contributed by atoms with Crippen LogP contribution in [-0.4, -0.2) is 48.2 Å². The Morgan fingerprint density at radius 2 is 1.63 bits per heavy atom. The molecule has 2 saturated heterocycles. The third-order valence-corrected chi connectivity index (χ3v) is 4.14. The van der Waals surface area contributed by atoms with Gasteiger partial charge in [-0.3, -0.25) is 0 Å². The van der Waals surface area contributed by atoms with Gasteiger partial charge in [0.25, 0.3) is 0 Å². The van der Waals surface area contributed by atoms with E-state index < -0.39 is 0 Å². The van der Waals surface area contributed by atoms with Crippen molar-refractivity contribution in [2.75, 3.05) is 31.1 Å². The largest absolute Gasteiger partial charge is 0.341 e. The molecule has 2 aliphatic rings. The Labute approximate surface area is 114 Å². The molecule has 0 unspecified atom stereocenters. The number of hydrogen-bond acceptors (Lipinski definition) is 5. The molecule has 2 N–H and O–H groups in total.